The fourth-order valence-electron chi connectivity index (χ4n) is 2.22. The van der Waals surface area contributed by atoms with E-state index in [-0.39, 0.29) is 24.0 Å². The van der Waals surface area contributed by atoms with E-state index in [1.54, 1.807) is 13.3 Å². The Bertz CT molecular complexity index is 661. The molecule has 0 aliphatic rings. The van der Waals surface area contributed by atoms with Gasteiger partial charge in [0.25, 0.3) is 0 Å². The summed E-state index contributed by atoms with van der Waals surface area (Å²) in [6, 6.07) is 12.2. The molecule has 130 valence electrons. The lowest BCUT2D eigenvalue weighted by atomic mass is 10.1. The number of nitrogens with one attached hydrogen (secondary N) is 2. The first kappa shape index (κ1) is 20.2. The van der Waals surface area contributed by atoms with Gasteiger partial charge in [0.2, 0.25) is 5.88 Å². The topological polar surface area (TPSA) is 58.5 Å². The minimum absolute atomic E-state index is 0. The zero-order valence-corrected chi connectivity index (χ0v) is 16.7. The number of hydrogen-bond acceptors (Lipinski definition) is 3. The molecule has 6 heteroatoms. The molecule has 0 aliphatic carbocycles. The number of rotatable bonds is 6. The average molecular weight is 440 g/mol. The number of halogens is 1. The molecular weight excluding hydrogens is 415 g/mol. The summed E-state index contributed by atoms with van der Waals surface area (Å²) in [7, 11) is 1.62. The molecule has 0 aliphatic heterocycles. The Kier molecular flexibility index (Phi) is 9.14. The molecule has 0 atom stereocenters. The van der Waals surface area contributed by atoms with E-state index in [0.717, 1.165) is 24.6 Å². The van der Waals surface area contributed by atoms with Gasteiger partial charge in [0.1, 0.15) is 0 Å². The second-order valence-electron chi connectivity index (χ2n) is 5.15. The van der Waals surface area contributed by atoms with Gasteiger partial charge in [-0.15, -0.1) is 24.0 Å². The van der Waals surface area contributed by atoms with Gasteiger partial charge in [-0.1, -0.05) is 30.3 Å². The molecule has 2 rings (SSSR count). The number of nitrogens with zero attached hydrogens (tertiary/aromatic N) is 2. The largest absolute Gasteiger partial charge is 0.481 e. The van der Waals surface area contributed by atoms with Crippen molar-refractivity contribution < 1.29 is 4.74 Å². The van der Waals surface area contributed by atoms with Gasteiger partial charge in [0.05, 0.1) is 13.7 Å². The highest BCUT2D eigenvalue weighted by atomic mass is 127. The van der Waals surface area contributed by atoms with E-state index >= 15 is 0 Å². The molecule has 1 aromatic heterocycles. The van der Waals surface area contributed by atoms with E-state index in [1.807, 2.05) is 18.2 Å². The molecule has 0 bridgehead atoms. The Hall–Kier alpha value is -1.83. The van der Waals surface area contributed by atoms with Gasteiger partial charge in [0, 0.05) is 24.8 Å². The van der Waals surface area contributed by atoms with E-state index in [0.29, 0.717) is 12.4 Å². The first-order chi connectivity index (χ1) is 11.2. The van der Waals surface area contributed by atoms with Gasteiger partial charge in [-0.05, 0) is 31.0 Å². The first-order valence-electron chi connectivity index (χ1n) is 7.79. The van der Waals surface area contributed by atoms with Gasteiger partial charge in [0.15, 0.2) is 5.96 Å². The van der Waals surface area contributed by atoms with E-state index in [2.05, 4.69) is 52.7 Å². The standard InChI is InChI=1S/C18H24N4O.HI/c1-4-19-18(21-12-15-9-6-5-8-14(15)2)22-13-16-10-7-11-20-17(16)23-3;/h5-11H,4,12-13H2,1-3H3,(H2,19,21,22);1H. The highest BCUT2D eigenvalue weighted by Crippen LogP contribution is 2.14. The van der Waals surface area contributed by atoms with Gasteiger partial charge in [-0.3, -0.25) is 0 Å². The highest BCUT2D eigenvalue weighted by Gasteiger charge is 2.04. The first-order valence-corrected chi connectivity index (χ1v) is 7.79. The summed E-state index contributed by atoms with van der Waals surface area (Å²) < 4.78 is 5.26. The van der Waals surface area contributed by atoms with E-state index < -0.39 is 0 Å². The normalized spacial score (nSPS) is 10.7. The summed E-state index contributed by atoms with van der Waals surface area (Å²) in [4.78, 5) is 8.81. The van der Waals surface area contributed by atoms with Gasteiger partial charge < -0.3 is 15.4 Å². The predicted octanol–water partition coefficient (Wildman–Crippen LogP) is 3.27. The molecule has 0 amide bonds. The maximum atomic E-state index is 5.26. The number of methoxy groups -OCH3 is 1. The third-order valence-corrected chi connectivity index (χ3v) is 3.50. The van der Waals surface area contributed by atoms with Crippen LogP contribution in [0.15, 0.2) is 47.6 Å². The van der Waals surface area contributed by atoms with Crippen LogP contribution in [0.2, 0.25) is 0 Å². The Labute approximate surface area is 161 Å². The zero-order chi connectivity index (χ0) is 16.5. The number of aromatic nitrogens is 1. The van der Waals surface area contributed by atoms with Crippen molar-refractivity contribution in [2.45, 2.75) is 26.9 Å². The molecule has 0 saturated carbocycles. The summed E-state index contributed by atoms with van der Waals surface area (Å²) in [5.74, 6) is 1.40. The van der Waals surface area contributed by atoms with E-state index in [9.17, 15) is 0 Å². The second-order valence-corrected chi connectivity index (χ2v) is 5.15. The van der Waals surface area contributed by atoms with Crippen molar-refractivity contribution in [3.8, 4) is 5.88 Å². The Morgan fingerprint density at radius 3 is 2.58 bits per heavy atom. The average Bonchev–Trinajstić information content (AvgIpc) is 2.59. The number of pyridine rings is 1. The fraction of sp³-hybridized carbons (Fsp3) is 0.333. The Morgan fingerprint density at radius 1 is 1.12 bits per heavy atom. The Morgan fingerprint density at radius 2 is 1.88 bits per heavy atom. The van der Waals surface area contributed by atoms with Crippen molar-refractivity contribution >= 4 is 29.9 Å². The van der Waals surface area contributed by atoms with Crippen LogP contribution in [-0.2, 0) is 13.1 Å². The van der Waals surface area contributed by atoms with Crippen molar-refractivity contribution in [3.05, 3.63) is 59.3 Å². The monoisotopic (exact) mass is 440 g/mol. The molecule has 2 aromatic rings. The number of benzene rings is 1. The molecule has 0 unspecified atom stereocenters. The maximum Gasteiger partial charge on any atom is 0.218 e. The fourth-order valence-corrected chi connectivity index (χ4v) is 2.22. The summed E-state index contributed by atoms with van der Waals surface area (Å²) >= 11 is 0. The lowest BCUT2D eigenvalue weighted by molar-refractivity contribution is 0.392. The molecule has 0 spiro atoms. The molecule has 0 saturated heterocycles. The van der Waals surface area contributed by atoms with Crippen LogP contribution in [0.4, 0.5) is 0 Å². The number of ether oxygens (including phenoxy) is 1. The van der Waals surface area contributed by atoms with E-state index in [4.69, 9.17) is 4.74 Å². The molecule has 5 nitrogen and oxygen atoms in total. The second kappa shape index (κ2) is 10.9. The van der Waals surface area contributed by atoms with Crippen molar-refractivity contribution in [2.24, 2.45) is 4.99 Å². The molecule has 2 N–H and O–H groups in total. The summed E-state index contributed by atoms with van der Waals surface area (Å²) in [6.45, 7) is 6.23. The SMILES string of the molecule is CCNC(=NCc1cccnc1OC)NCc1ccccc1C.I. The van der Waals surface area contributed by atoms with Gasteiger partial charge in [-0.25, -0.2) is 9.98 Å². The number of hydrogen-bond donors (Lipinski definition) is 2. The third kappa shape index (κ3) is 5.99. The van der Waals surface area contributed by atoms with Crippen molar-refractivity contribution in [1.82, 2.24) is 15.6 Å². The predicted molar refractivity (Wildman–Crippen MR) is 109 cm³/mol. The minimum atomic E-state index is 0. The molecule has 1 heterocycles. The van der Waals surface area contributed by atoms with Crippen LogP contribution in [0.1, 0.15) is 23.6 Å². The molecule has 0 fully saturated rings. The van der Waals surface area contributed by atoms with Gasteiger partial charge >= 0.3 is 0 Å². The van der Waals surface area contributed by atoms with Crippen LogP contribution < -0.4 is 15.4 Å². The lowest BCUT2D eigenvalue weighted by Gasteiger charge is -2.13. The lowest BCUT2D eigenvalue weighted by Crippen LogP contribution is -2.36. The van der Waals surface area contributed by atoms with Crippen LogP contribution in [-0.4, -0.2) is 24.6 Å². The quantitative estimate of drug-likeness (QED) is 0.411. The van der Waals surface area contributed by atoms with Crippen LogP contribution >= 0.6 is 24.0 Å². The van der Waals surface area contributed by atoms with Crippen LogP contribution in [0.5, 0.6) is 5.88 Å². The number of aryl methyl sites for hydroxylation is 1. The third-order valence-electron chi connectivity index (χ3n) is 3.50. The Balaban J connectivity index is 0.00000288. The zero-order valence-electron chi connectivity index (χ0n) is 14.4. The van der Waals surface area contributed by atoms with Crippen molar-refractivity contribution in [2.75, 3.05) is 13.7 Å². The highest BCUT2D eigenvalue weighted by molar-refractivity contribution is 14.0. The summed E-state index contributed by atoms with van der Waals surface area (Å²) in [5, 5.41) is 6.62. The smallest absolute Gasteiger partial charge is 0.218 e. The molecular formula is C18H25IN4O. The molecule has 24 heavy (non-hydrogen) atoms. The van der Waals surface area contributed by atoms with Crippen molar-refractivity contribution in [1.29, 1.82) is 0 Å². The molecule has 0 radical (unpaired) electrons. The van der Waals surface area contributed by atoms with Crippen LogP contribution in [0.25, 0.3) is 0 Å². The van der Waals surface area contributed by atoms with Crippen LogP contribution in [0, 0.1) is 6.92 Å². The number of guanidine groups is 1. The summed E-state index contributed by atoms with van der Waals surface area (Å²) in [6.07, 6.45) is 1.72. The van der Waals surface area contributed by atoms with Crippen LogP contribution in [0.3, 0.4) is 0 Å². The number of aliphatic imine (C=N–C) groups is 1. The maximum absolute atomic E-state index is 5.26. The molecule has 1 aromatic carbocycles. The van der Waals surface area contributed by atoms with Crippen molar-refractivity contribution in [3.63, 3.8) is 0 Å². The van der Waals surface area contributed by atoms with E-state index in [1.165, 1.54) is 11.1 Å². The van der Waals surface area contributed by atoms with Gasteiger partial charge in [-0.2, -0.15) is 0 Å². The summed E-state index contributed by atoms with van der Waals surface area (Å²) in [5.41, 5.74) is 3.49. The minimum Gasteiger partial charge on any atom is -0.481 e.